The first kappa shape index (κ1) is 16.3. The molecule has 0 aliphatic heterocycles. The lowest BCUT2D eigenvalue weighted by molar-refractivity contribution is -0.111. The van der Waals surface area contributed by atoms with Gasteiger partial charge in [-0.3, -0.25) is 4.79 Å². The molecule has 0 fully saturated rings. The summed E-state index contributed by atoms with van der Waals surface area (Å²) in [6, 6.07) is 9.37. The number of carbonyl (C=O) groups is 1. The summed E-state index contributed by atoms with van der Waals surface area (Å²) in [6.07, 6.45) is 3.94. The molecule has 22 heavy (non-hydrogen) atoms. The third-order valence-electron chi connectivity index (χ3n) is 3.21. The van der Waals surface area contributed by atoms with Crippen molar-refractivity contribution in [2.75, 3.05) is 5.32 Å². The fourth-order valence-electron chi connectivity index (χ4n) is 2.11. The first-order valence-corrected chi connectivity index (χ1v) is 8.01. The van der Waals surface area contributed by atoms with Crippen LogP contribution in [0, 0.1) is 18.3 Å². The minimum absolute atomic E-state index is 0.254. The van der Waals surface area contributed by atoms with Crippen LogP contribution < -0.4 is 5.32 Å². The number of halogens is 1. The Kier molecular flexibility index (Phi) is 5.37. The second kappa shape index (κ2) is 7.26. The number of rotatable bonds is 4. The fraction of sp³-hybridized carbons (Fsp3) is 0.176. The Balaban J connectivity index is 2.13. The molecule has 0 spiro atoms. The van der Waals surface area contributed by atoms with Gasteiger partial charge in [0.25, 0.3) is 0 Å². The van der Waals surface area contributed by atoms with E-state index in [0.717, 1.165) is 22.4 Å². The van der Waals surface area contributed by atoms with Gasteiger partial charge in [0.15, 0.2) is 0 Å². The van der Waals surface area contributed by atoms with Crippen molar-refractivity contribution >= 4 is 39.9 Å². The molecule has 0 bridgehead atoms. The maximum atomic E-state index is 12.0. The molecule has 0 saturated heterocycles. The number of aryl methyl sites for hydroxylation is 1. The quantitative estimate of drug-likeness (QED) is 0.819. The molecule has 1 aromatic heterocycles. The van der Waals surface area contributed by atoms with E-state index in [-0.39, 0.29) is 5.91 Å². The van der Waals surface area contributed by atoms with Crippen LogP contribution in [0.25, 0.3) is 6.08 Å². The number of hydrogen-bond acceptors (Lipinski definition) is 3. The molecule has 0 aliphatic carbocycles. The molecular weight excluding hydrogens is 316 g/mol. The summed E-state index contributed by atoms with van der Waals surface area (Å²) >= 11 is 7.25. The first-order chi connectivity index (χ1) is 10.5. The predicted molar refractivity (Wildman–Crippen MR) is 92.3 cm³/mol. The molecule has 0 saturated carbocycles. The van der Waals surface area contributed by atoms with E-state index in [1.165, 1.54) is 17.4 Å². The monoisotopic (exact) mass is 330 g/mol. The molecular formula is C17H15ClN2OS. The molecule has 2 aromatic rings. The van der Waals surface area contributed by atoms with Gasteiger partial charge >= 0.3 is 0 Å². The van der Waals surface area contributed by atoms with Crippen molar-refractivity contribution in [3.05, 3.63) is 56.9 Å². The molecule has 1 amide bonds. The number of benzene rings is 1. The Labute approximate surface area is 138 Å². The second-order valence-corrected chi connectivity index (χ2v) is 6.34. The standard InChI is InChI=1S/C17H15ClN2OS/c1-3-14-11(2)22-17(15(14)10-19)20-16(21)9-6-12-4-7-13(18)8-5-12/h4-9H,3H2,1-2H3,(H,20,21)/b9-6+. The lowest BCUT2D eigenvalue weighted by Crippen LogP contribution is -2.07. The van der Waals surface area contributed by atoms with Crippen LogP contribution in [0.5, 0.6) is 0 Å². The Morgan fingerprint density at radius 1 is 1.41 bits per heavy atom. The van der Waals surface area contributed by atoms with Gasteiger partial charge in [-0.25, -0.2) is 0 Å². The highest BCUT2D eigenvalue weighted by Crippen LogP contribution is 2.32. The van der Waals surface area contributed by atoms with E-state index < -0.39 is 0 Å². The summed E-state index contributed by atoms with van der Waals surface area (Å²) in [5.41, 5.74) is 2.46. The van der Waals surface area contributed by atoms with Gasteiger partial charge in [0.1, 0.15) is 11.1 Å². The van der Waals surface area contributed by atoms with Crippen LogP contribution in [0.1, 0.15) is 28.5 Å². The topological polar surface area (TPSA) is 52.9 Å². The first-order valence-electron chi connectivity index (χ1n) is 6.82. The van der Waals surface area contributed by atoms with Gasteiger partial charge in [-0.05, 0) is 42.7 Å². The summed E-state index contributed by atoms with van der Waals surface area (Å²) < 4.78 is 0. The Morgan fingerprint density at radius 2 is 2.09 bits per heavy atom. The zero-order valence-corrected chi connectivity index (χ0v) is 13.9. The number of carbonyl (C=O) groups excluding carboxylic acids is 1. The van der Waals surface area contributed by atoms with Crippen LogP contribution in [-0.2, 0) is 11.2 Å². The SMILES string of the molecule is CCc1c(C)sc(NC(=O)/C=C/c2ccc(Cl)cc2)c1C#N. The van der Waals surface area contributed by atoms with Gasteiger partial charge in [0.2, 0.25) is 5.91 Å². The minimum Gasteiger partial charge on any atom is -0.313 e. The summed E-state index contributed by atoms with van der Waals surface area (Å²) in [5, 5.41) is 13.3. The molecule has 2 rings (SSSR count). The number of anilines is 1. The van der Waals surface area contributed by atoms with Crippen LogP contribution in [0.15, 0.2) is 30.3 Å². The number of hydrogen-bond donors (Lipinski definition) is 1. The van der Waals surface area contributed by atoms with Crippen molar-refractivity contribution in [3.8, 4) is 6.07 Å². The van der Waals surface area contributed by atoms with Gasteiger partial charge in [0.05, 0.1) is 5.56 Å². The lowest BCUT2D eigenvalue weighted by Gasteiger charge is -2.00. The van der Waals surface area contributed by atoms with Crippen LogP contribution >= 0.6 is 22.9 Å². The van der Waals surface area contributed by atoms with E-state index >= 15 is 0 Å². The van der Waals surface area contributed by atoms with Crippen LogP contribution in [-0.4, -0.2) is 5.91 Å². The molecule has 112 valence electrons. The van der Waals surface area contributed by atoms with Crippen molar-refractivity contribution in [2.24, 2.45) is 0 Å². The molecule has 3 nitrogen and oxygen atoms in total. The number of thiophene rings is 1. The highest BCUT2D eigenvalue weighted by Gasteiger charge is 2.15. The predicted octanol–water partition coefficient (Wildman–Crippen LogP) is 4.80. The molecule has 5 heteroatoms. The maximum Gasteiger partial charge on any atom is 0.249 e. The highest BCUT2D eigenvalue weighted by atomic mass is 35.5. The third kappa shape index (κ3) is 3.76. The van der Waals surface area contributed by atoms with Gasteiger partial charge in [-0.15, -0.1) is 11.3 Å². The average molecular weight is 331 g/mol. The lowest BCUT2D eigenvalue weighted by atomic mass is 10.1. The Morgan fingerprint density at radius 3 is 2.68 bits per heavy atom. The van der Waals surface area contributed by atoms with E-state index in [2.05, 4.69) is 11.4 Å². The van der Waals surface area contributed by atoms with E-state index in [4.69, 9.17) is 11.6 Å². The average Bonchev–Trinajstić information content (AvgIpc) is 2.81. The fourth-order valence-corrected chi connectivity index (χ4v) is 3.33. The molecule has 0 unspecified atom stereocenters. The van der Waals surface area contributed by atoms with Crippen LogP contribution in [0.3, 0.4) is 0 Å². The molecule has 1 heterocycles. The Bertz CT molecular complexity index is 754. The largest absolute Gasteiger partial charge is 0.313 e. The van der Waals surface area contributed by atoms with Gasteiger partial charge < -0.3 is 5.32 Å². The van der Waals surface area contributed by atoms with Crippen molar-refractivity contribution in [3.63, 3.8) is 0 Å². The number of amides is 1. The molecule has 0 aliphatic rings. The van der Waals surface area contributed by atoms with Crippen LogP contribution in [0.4, 0.5) is 5.00 Å². The zero-order chi connectivity index (χ0) is 16.1. The third-order valence-corrected chi connectivity index (χ3v) is 4.52. The van der Waals surface area contributed by atoms with Crippen LogP contribution in [0.2, 0.25) is 5.02 Å². The minimum atomic E-state index is -0.254. The van der Waals surface area contributed by atoms with E-state index in [0.29, 0.717) is 15.6 Å². The van der Waals surface area contributed by atoms with Crippen molar-refractivity contribution in [1.29, 1.82) is 5.26 Å². The Hall–Kier alpha value is -2.09. The van der Waals surface area contributed by atoms with E-state index in [9.17, 15) is 10.1 Å². The summed E-state index contributed by atoms with van der Waals surface area (Å²) in [5.74, 6) is -0.254. The van der Waals surface area contributed by atoms with Crippen molar-refractivity contribution in [1.82, 2.24) is 0 Å². The number of nitrogens with zero attached hydrogens (tertiary/aromatic N) is 1. The summed E-state index contributed by atoms with van der Waals surface area (Å²) in [7, 11) is 0. The number of nitrogens with one attached hydrogen (secondary N) is 1. The highest BCUT2D eigenvalue weighted by molar-refractivity contribution is 7.16. The van der Waals surface area contributed by atoms with Gasteiger partial charge in [-0.1, -0.05) is 30.7 Å². The zero-order valence-electron chi connectivity index (χ0n) is 12.3. The second-order valence-electron chi connectivity index (χ2n) is 4.68. The molecule has 1 aromatic carbocycles. The van der Waals surface area contributed by atoms with Gasteiger partial charge in [-0.2, -0.15) is 5.26 Å². The normalized spacial score (nSPS) is 10.6. The van der Waals surface area contributed by atoms with E-state index in [1.54, 1.807) is 18.2 Å². The molecule has 0 radical (unpaired) electrons. The summed E-state index contributed by atoms with van der Waals surface area (Å²) in [4.78, 5) is 13.1. The smallest absolute Gasteiger partial charge is 0.249 e. The summed E-state index contributed by atoms with van der Waals surface area (Å²) in [6.45, 7) is 3.96. The maximum absolute atomic E-state index is 12.0. The van der Waals surface area contributed by atoms with Crippen molar-refractivity contribution < 1.29 is 4.79 Å². The number of nitriles is 1. The molecule has 0 atom stereocenters. The van der Waals surface area contributed by atoms with Crippen molar-refractivity contribution in [2.45, 2.75) is 20.3 Å². The van der Waals surface area contributed by atoms with E-state index in [1.807, 2.05) is 26.0 Å². The van der Waals surface area contributed by atoms with Gasteiger partial charge in [0, 0.05) is 16.0 Å². The molecule has 1 N–H and O–H groups in total.